The van der Waals surface area contributed by atoms with Crippen LogP contribution in [0.2, 0.25) is 0 Å². The van der Waals surface area contributed by atoms with Gasteiger partial charge in [0.25, 0.3) is 0 Å². The first kappa shape index (κ1) is 16.0. The average Bonchev–Trinajstić information content (AvgIpc) is 2.64. The third-order valence-corrected chi connectivity index (χ3v) is 4.17. The molecule has 0 radical (unpaired) electrons. The number of fused-ring (bicyclic) bond motifs is 1. The summed E-state index contributed by atoms with van der Waals surface area (Å²) < 4.78 is 0. The topological polar surface area (TPSA) is 0 Å². The molecule has 0 aromatic heterocycles. The molecule has 0 heteroatoms. The van der Waals surface area contributed by atoms with Gasteiger partial charge in [0.2, 0.25) is 0 Å². The molecular weight excluding hydrogens is 288 g/mol. The normalized spacial score (nSPS) is 10.1. The fourth-order valence-corrected chi connectivity index (χ4v) is 2.76. The first-order valence-corrected chi connectivity index (χ1v) is 8.30. The molecule has 0 unspecified atom stereocenters. The lowest BCUT2D eigenvalue weighted by Crippen LogP contribution is -1.76. The Balaban J connectivity index is 0.000000143. The molecule has 4 rings (SSSR count). The molecule has 0 saturated heterocycles. The average molecular weight is 310 g/mol. The van der Waals surface area contributed by atoms with Crippen molar-refractivity contribution in [2.24, 2.45) is 0 Å². The Morgan fingerprint density at radius 3 is 1.75 bits per heavy atom. The highest BCUT2D eigenvalue weighted by Crippen LogP contribution is 2.18. The molecule has 4 aromatic rings. The lowest BCUT2D eigenvalue weighted by atomic mass is 10.0. The summed E-state index contributed by atoms with van der Waals surface area (Å²) in [6.07, 6.45) is 0. The summed E-state index contributed by atoms with van der Waals surface area (Å²) in [6.45, 7) is 4.25. The van der Waals surface area contributed by atoms with Crippen molar-refractivity contribution >= 4 is 10.8 Å². The van der Waals surface area contributed by atoms with Crippen LogP contribution in [-0.2, 0) is 0 Å². The van der Waals surface area contributed by atoms with Crippen molar-refractivity contribution in [2.75, 3.05) is 0 Å². The van der Waals surface area contributed by atoms with E-state index in [1.807, 2.05) is 6.07 Å². The van der Waals surface area contributed by atoms with E-state index in [4.69, 9.17) is 0 Å². The number of hydrogen-bond donors (Lipinski definition) is 0. The largest absolute Gasteiger partial charge is 0.0622 e. The van der Waals surface area contributed by atoms with Gasteiger partial charge in [0.15, 0.2) is 0 Å². The molecule has 0 spiro atoms. The van der Waals surface area contributed by atoms with Crippen LogP contribution in [0.25, 0.3) is 21.9 Å². The highest BCUT2D eigenvalue weighted by molar-refractivity contribution is 5.85. The minimum absolute atomic E-state index is 1.28. The fraction of sp³-hybridized carbons (Fsp3) is 0.0833. The molecule has 0 aliphatic rings. The van der Waals surface area contributed by atoms with Crippen LogP contribution in [0.3, 0.4) is 0 Å². The van der Waals surface area contributed by atoms with Crippen molar-refractivity contribution in [3.8, 4) is 11.1 Å². The van der Waals surface area contributed by atoms with Crippen LogP contribution in [0, 0.1) is 13.8 Å². The van der Waals surface area contributed by atoms with E-state index in [0.717, 1.165) is 0 Å². The van der Waals surface area contributed by atoms with E-state index < -0.39 is 0 Å². The van der Waals surface area contributed by atoms with E-state index >= 15 is 0 Å². The zero-order chi connectivity index (χ0) is 16.8. The second-order valence-corrected chi connectivity index (χ2v) is 6.03. The highest BCUT2D eigenvalue weighted by atomic mass is 14.0. The van der Waals surface area contributed by atoms with Crippen LogP contribution in [-0.4, -0.2) is 0 Å². The zero-order valence-electron chi connectivity index (χ0n) is 14.2. The Kier molecular flexibility index (Phi) is 5.08. The van der Waals surface area contributed by atoms with Crippen LogP contribution >= 0.6 is 0 Å². The smallest absolute Gasteiger partial charge is 0.0155 e. The van der Waals surface area contributed by atoms with E-state index in [9.17, 15) is 0 Å². The van der Waals surface area contributed by atoms with Crippen LogP contribution in [0.4, 0.5) is 0 Å². The molecule has 0 saturated carbocycles. The summed E-state index contributed by atoms with van der Waals surface area (Å²) in [5.41, 5.74) is 5.22. The number of benzene rings is 4. The van der Waals surface area contributed by atoms with Gasteiger partial charge in [-0.2, -0.15) is 0 Å². The third kappa shape index (κ3) is 3.91. The Bertz CT molecular complexity index is 898. The molecule has 0 nitrogen and oxygen atoms in total. The molecule has 0 aliphatic heterocycles. The van der Waals surface area contributed by atoms with Crippen molar-refractivity contribution in [2.45, 2.75) is 13.8 Å². The van der Waals surface area contributed by atoms with Gasteiger partial charge in [-0.25, -0.2) is 0 Å². The maximum absolute atomic E-state index is 2.16. The minimum atomic E-state index is 1.28. The summed E-state index contributed by atoms with van der Waals surface area (Å²) >= 11 is 0. The first-order valence-electron chi connectivity index (χ1n) is 8.30. The molecule has 0 bridgehead atoms. The summed E-state index contributed by atoms with van der Waals surface area (Å²) in [6, 6.07) is 33.9. The molecule has 118 valence electrons. The predicted molar refractivity (Wildman–Crippen MR) is 105 cm³/mol. The van der Waals surface area contributed by atoms with E-state index in [-0.39, 0.29) is 0 Å². The maximum atomic E-state index is 2.16. The molecule has 0 amide bonds. The van der Waals surface area contributed by atoms with Crippen molar-refractivity contribution in [3.63, 3.8) is 0 Å². The number of aryl methyl sites for hydroxylation is 2. The lowest BCUT2D eigenvalue weighted by Gasteiger charge is -2.00. The van der Waals surface area contributed by atoms with Gasteiger partial charge < -0.3 is 0 Å². The zero-order valence-corrected chi connectivity index (χ0v) is 14.2. The van der Waals surface area contributed by atoms with Crippen LogP contribution in [0.5, 0.6) is 0 Å². The van der Waals surface area contributed by atoms with Crippen molar-refractivity contribution in [3.05, 3.63) is 108 Å². The molecule has 0 heterocycles. The van der Waals surface area contributed by atoms with Gasteiger partial charge in [0.05, 0.1) is 0 Å². The molecule has 0 fully saturated rings. The van der Waals surface area contributed by atoms with Crippen molar-refractivity contribution in [1.82, 2.24) is 0 Å². The summed E-state index contributed by atoms with van der Waals surface area (Å²) in [5, 5.41) is 2.68. The Morgan fingerprint density at radius 1 is 0.458 bits per heavy atom. The van der Waals surface area contributed by atoms with Crippen molar-refractivity contribution in [1.29, 1.82) is 0 Å². The summed E-state index contributed by atoms with van der Waals surface area (Å²) in [7, 11) is 0. The van der Waals surface area contributed by atoms with E-state index in [2.05, 4.69) is 105 Å². The lowest BCUT2D eigenvalue weighted by molar-refractivity contribution is 1.47. The highest BCUT2D eigenvalue weighted by Gasteiger charge is 1.94. The van der Waals surface area contributed by atoms with E-state index in [1.54, 1.807) is 0 Å². The van der Waals surface area contributed by atoms with Crippen LogP contribution in [0.1, 0.15) is 11.1 Å². The van der Waals surface area contributed by atoms with Crippen LogP contribution in [0.15, 0.2) is 97.1 Å². The molecule has 4 aromatic carbocycles. The summed E-state index contributed by atoms with van der Waals surface area (Å²) in [5.74, 6) is 0. The van der Waals surface area contributed by atoms with E-state index in [1.165, 1.54) is 33.0 Å². The molecule has 0 N–H and O–H groups in total. The molecular formula is C24H22. The SMILES string of the molecule is Cc1ccc(-c2ccccc2)cc1.Cc1cccc2ccccc12. The Hall–Kier alpha value is -2.86. The van der Waals surface area contributed by atoms with Crippen molar-refractivity contribution < 1.29 is 0 Å². The minimum Gasteiger partial charge on any atom is -0.0622 e. The third-order valence-electron chi connectivity index (χ3n) is 4.17. The Labute approximate surface area is 144 Å². The molecule has 24 heavy (non-hydrogen) atoms. The monoisotopic (exact) mass is 310 g/mol. The number of rotatable bonds is 1. The second kappa shape index (κ2) is 7.61. The number of hydrogen-bond acceptors (Lipinski definition) is 0. The van der Waals surface area contributed by atoms with Gasteiger partial charge in [0.1, 0.15) is 0 Å². The summed E-state index contributed by atoms with van der Waals surface area (Å²) in [4.78, 5) is 0. The Morgan fingerprint density at radius 2 is 1.04 bits per heavy atom. The van der Waals surface area contributed by atoms with Crippen LogP contribution < -0.4 is 0 Å². The molecule has 0 atom stereocenters. The predicted octanol–water partition coefficient (Wildman–Crippen LogP) is 6.81. The molecule has 0 aliphatic carbocycles. The van der Waals surface area contributed by atoms with Gasteiger partial charge in [-0.05, 0) is 41.3 Å². The van der Waals surface area contributed by atoms with Gasteiger partial charge >= 0.3 is 0 Å². The van der Waals surface area contributed by atoms with E-state index in [0.29, 0.717) is 0 Å². The van der Waals surface area contributed by atoms with Gasteiger partial charge in [0, 0.05) is 0 Å². The standard InChI is InChI=1S/C13H12.C11H10/c1-11-7-9-13(10-8-11)12-5-3-2-4-6-12;1-9-5-4-7-10-6-2-3-8-11(9)10/h2-10H,1H3;2-8H,1H3. The maximum Gasteiger partial charge on any atom is -0.0155 e. The quantitative estimate of drug-likeness (QED) is 0.362. The van der Waals surface area contributed by atoms with Gasteiger partial charge in [-0.15, -0.1) is 0 Å². The second-order valence-electron chi connectivity index (χ2n) is 6.03. The van der Waals surface area contributed by atoms with Gasteiger partial charge in [-0.1, -0.05) is 103 Å². The first-order chi connectivity index (χ1) is 11.7. The van der Waals surface area contributed by atoms with Gasteiger partial charge in [-0.3, -0.25) is 0 Å². The fourth-order valence-electron chi connectivity index (χ4n) is 2.76.